The minimum Gasteiger partial charge on any atom is -0.465 e. The zero-order valence-corrected chi connectivity index (χ0v) is 20.0. The summed E-state index contributed by atoms with van der Waals surface area (Å²) in [6, 6.07) is 2.17. The topological polar surface area (TPSA) is 102 Å². The first-order chi connectivity index (χ1) is 15.3. The van der Waals surface area contributed by atoms with E-state index >= 15 is 0 Å². The van der Waals surface area contributed by atoms with E-state index in [-0.39, 0.29) is 24.6 Å². The van der Waals surface area contributed by atoms with E-state index in [4.69, 9.17) is 10.5 Å². The third-order valence-corrected chi connectivity index (χ3v) is 7.35. The molecule has 1 fully saturated rings. The zero-order chi connectivity index (χ0) is 25.0. The van der Waals surface area contributed by atoms with Crippen molar-refractivity contribution in [2.24, 2.45) is 10.7 Å². The van der Waals surface area contributed by atoms with E-state index < -0.39 is 38.7 Å². The molecule has 2 rings (SSSR count). The summed E-state index contributed by atoms with van der Waals surface area (Å²) in [5.74, 6) is -0.822. The molecule has 1 saturated carbocycles. The molecule has 0 bridgehead atoms. The fourth-order valence-corrected chi connectivity index (χ4v) is 5.13. The number of ether oxygens (including phenoxy) is 1. The van der Waals surface area contributed by atoms with Crippen LogP contribution in [0.3, 0.4) is 0 Å². The highest BCUT2D eigenvalue weighted by Gasteiger charge is 2.37. The van der Waals surface area contributed by atoms with Crippen LogP contribution in [0.5, 0.6) is 0 Å². The van der Waals surface area contributed by atoms with Crippen molar-refractivity contribution >= 4 is 21.7 Å². The molecule has 1 aromatic rings. The summed E-state index contributed by atoms with van der Waals surface area (Å²) in [5, 5.41) is 0. The second-order valence-corrected chi connectivity index (χ2v) is 10.1. The first-order valence-electron chi connectivity index (χ1n) is 10.6. The average molecular weight is 490 g/mol. The van der Waals surface area contributed by atoms with E-state index in [1.807, 2.05) is 0 Å². The molecule has 1 aliphatic carbocycles. The summed E-state index contributed by atoms with van der Waals surface area (Å²) in [6.45, 7) is 5.04. The number of nitrogens with zero attached hydrogens (tertiary/aromatic N) is 2. The summed E-state index contributed by atoms with van der Waals surface area (Å²) in [4.78, 5) is 15.5. The Morgan fingerprint density at radius 1 is 1.33 bits per heavy atom. The van der Waals surface area contributed by atoms with Crippen LogP contribution in [0.4, 0.5) is 13.2 Å². The van der Waals surface area contributed by atoms with Gasteiger partial charge in [0, 0.05) is 24.5 Å². The standard InChI is InChI=1S/C22H30F3N3O4S/c1-5-32-21(29)13-27-19-7-6-8-20(18(19)12-26)28(4)33(30,31)17-10-15(14(2)3)9-16(11-17)22(23,24)25/h9-12,14,20H,5-8,13,26H2,1-4H3. The first-order valence-corrected chi connectivity index (χ1v) is 12.1. The van der Waals surface area contributed by atoms with Crippen molar-refractivity contribution in [3.8, 4) is 0 Å². The molecule has 1 aromatic carbocycles. The number of carbonyl (C=O) groups excluding carboxylic acids is 1. The van der Waals surface area contributed by atoms with E-state index in [1.165, 1.54) is 19.3 Å². The number of benzene rings is 1. The molecule has 0 aliphatic heterocycles. The molecule has 1 atom stereocenters. The van der Waals surface area contributed by atoms with Crippen LogP contribution in [0.15, 0.2) is 39.9 Å². The Morgan fingerprint density at radius 2 is 2.00 bits per heavy atom. The van der Waals surface area contributed by atoms with E-state index in [9.17, 15) is 26.4 Å². The summed E-state index contributed by atoms with van der Waals surface area (Å²) in [5.41, 5.74) is 5.94. The highest BCUT2D eigenvalue weighted by atomic mass is 32.2. The van der Waals surface area contributed by atoms with Crippen molar-refractivity contribution in [3.05, 3.63) is 41.1 Å². The quantitative estimate of drug-likeness (QED) is 0.586. The van der Waals surface area contributed by atoms with Gasteiger partial charge in [-0.15, -0.1) is 0 Å². The molecule has 7 nitrogen and oxygen atoms in total. The fraction of sp³-hybridized carbons (Fsp3) is 0.545. The van der Waals surface area contributed by atoms with Gasteiger partial charge in [0.05, 0.1) is 23.1 Å². The predicted octanol–water partition coefficient (Wildman–Crippen LogP) is 3.85. The van der Waals surface area contributed by atoms with Crippen LogP contribution in [-0.2, 0) is 25.7 Å². The van der Waals surface area contributed by atoms with Gasteiger partial charge >= 0.3 is 12.1 Å². The van der Waals surface area contributed by atoms with Gasteiger partial charge in [-0.3, -0.25) is 9.79 Å². The number of halogens is 3. The Hall–Kier alpha value is -2.40. The number of nitrogens with two attached hydrogens (primary N) is 1. The molecule has 1 unspecified atom stereocenters. The summed E-state index contributed by atoms with van der Waals surface area (Å²) >= 11 is 0. The molecule has 184 valence electrons. The van der Waals surface area contributed by atoms with Crippen molar-refractivity contribution in [3.63, 3.8) is 0 Å². The van der Waals surface area contributed by atoms with Gasteiger partial charge in [-0.05, 0) is 55.9 Å². The van der Waals surface area contributed by atoms with Gasteiger partial charge in [0.25, 0.3) is 0 Å². The van der Waals surface area contributed by atoms with Gasteiger partial charge in [0.15, 0.2) is 0 Å². The van der Waals surface area contributed by atoms with Crippen LogP contribution in [0.1, 0.15) is 57.1 Å². The van der Waals surface area contributed by atoms with Crippen LogP contribution >= 0.6 is 0 Å². The van der Waals surface area contributed by atoms with Gasteiger partial charge in [-0.1, -0.05) is 13.8 Å². The zero-order valence-electron chi connectivity index (χ0n) is 19.1. The number of sulfonamides is 1. The normalized spacial score (nSPS) is 20.1. The maximum Gasteiger partial charge on any atom is 0.416 e. The molecule has 0 spiro atoms. The molecule has 0 heterocycles. The van der Waals surface area contributed by atoms with Crippen molar-refractivity contribution in [1.82, 2.24) is 4.31 Å². The maximum atomic E-state index is 13.4. The van der Waals surface area contributed by atoms with Crippen LogP contribution in [0, 0.1) is 0 Å². The molecular weight excluding hydrogens is 459 g/mol. The number of carbonyl (C=O) groups is 1. The van der Waals surface area contributed by atoms with Crippen LogP contribution in [0.25, 0.3) is 0 Å². The monoisotopic (exact) mass is 489 g/mol. The number of rotatable bonds is 7. The van der Waals surface area contributed by atoms with Gasteiger partial charge in [-0.25, -0.2) is 8.42 Å². The fourth-order valence-electron chi connectivity index (χ4n) is 3.68. The molecule has 0 radical (unpaired) electrons. The van der Waals surface area contributed by atoms with Crippen molar-refractivity contribution in [2.75, 3.05) is 20.2 Å². The smallest absolute Gasteiger partial charge is 0.416 e. The minimum absolute atomic E-state index is 0.211. The second kappa shape index (κ2) is 10.7. The van der Waals surface area contributed by atoms with Crippen molar-refractivity contribution in [1.29, 1.82) is 0 Å². The van der Waals surface area contributed by atoms with Gasteiger partial charge in [0.1, 0.15) is 6.54 Å². The minimum atomic E-state index is -4.69. The van der Waals surface area contributed by atoms with Crippen molar-refractivity contribution < 1.29 is 31.1 Å². The lowest BCUT2D eigenvalue weighted by Gasteiger charge is -2.33. The Labute approximate surface area is 192 Å². The lowest BCUT2D eigenvalue weighted by molar-refractivity contribution is -0.141. The van der Waals surface area contributed by atoms with Crippen LogP contribution in [0.2, 0.25) is 0 Å². The maximum absolute atomic E-state index is 13.4. The van der Waals surface area contributed by atoms with E-state index in [0.29, 0.717) is 36.6 Å². The molecule has 1 aliphatic rings. The second-order valence-electron chi connectivity index (χ2n) is 8.06. The number of hydrogen-bond acceptors (Lipinski definition) is 6. The number of likely N-dealkylation sites (N-methyl/N-ethyl adjacent to an activating group) is 1. The van der Waals surface area contributed by atoms with E-state index in [1.54, 1.807) is 20.8 Å². The first kappa shape index (κ1) is 26.8. The van der Waals surface area contributed by atoms with E-state index in [2.05, 4.69) is 4.99 Å². The Balaban J connectivity index is 2.44. The molecule has 0 amide bonds. The predicted molar refractivity (Wildman–Crippen MR) is 119 cm³/mol. The highest BCUT2D eigenvalue weighted by Crippen LogP contribution is 2.35. The lowest BCUT2D eigenvalue weighted by atomic mass is 9.88. The molecular formula is C22H30F3N3O4S. The Morgan fingerprint density at radius 3 is 2.55 bits per heavy atom. The number of aliphatic imine (C=N–C) groups is 1. The third kappa shape index (κ3) is 6.35. The summed E-state index contributed by atoms with van der Waals surface area (Å²) in [7, 11) is -2.98. The molecule has 0 saturated heterocycles. The average Bonchev–Trinajstić information content (AvgIpc) is 2.75. The van der Waals surface area contributed by atoms with Gasteiger partial charge in [-0.2, -0.15) is 17.5 Å². The van der Waals surface area contributed by atoms with Crippen LogP contribution in [-0.4, -0.2) is 50.6 Å². The largest absolute Gasteiger partial charge is 0.465 e. The van der Waals surface area contributed by atoms with Crippen molar-refractivity contribution in [2.45, 2.75) is 63.1 Å². The van der Waals surface area contributed by atoms with Gasteiger partial charge < -0.3 is 10.5 Å². The molecule has 11 heteroatoms. The summed E-state index contributed by atoms with van der Waals surface area (Å²) < 4.78 is 73.0. The number of alkyl halides is 3. The van der Waals surface area contributed by atoms with E-state index in [0.717, 1.165) is 10.4 Å². The number of hydrogen-bond donors (Lipinski definition) is 1. The molecule has 33 heavy (non-hydrogen) atoms. The Bertz CT molecular complexity index is 1030. The number of esters is 1. The van der Waals surface area contributed by atoms with Gasteiger partial charge in [0.2, 0.25) is 10.0 Å². The Kier molecular flexibility index (Phi) is 8.69. The third-order valence-electron chi connectivity index (χ3n) is 5.51. The molecule has 0 aromatic heterocycles. The highest BCUT2D eigenvalue weighted by molar-refractivity contribution is 7.89. The van der Waals surface area contributed by atoms with Crippen LogP contribution < -0.4 is 5.73 Å². The lowest BCUT2D eigenvalue weighted by Crippen LogP contribution is -2.42. The SMILES string of the molecule is CCOC(=O)CN=C1CCCC(N(C)S(=O)(=O)c2cc(C(C)C)cc(C(F)(F)F)c2)C1=CN. The molecule has 2 N–H and O–H groups in total. The summed E-state index contributed by atoms with van der Waals surface area (Å²) in [6.07, 6.45) is -1.97.